The van der Waals surface area contributed by atoms with Gasteiger partial charge in [-0.15, -0.1) is 0 Å². The van der Waals surface area contributed by atoms with Crippen molar-refractivity contribution in [2.75, 3.05) is 6.54 Å². The number of fused-ring (bicyclic) bond motifs is 1. The van der Waals surface area contributed by atoms with Crippen LogP contribution in [0.4, 0.5) is 8.78 Å². The van der Waals surface area contributed by atoms with Gasteiger partial charge in [-0.05, 0) is 36.8 Å². The first kappa shape index (κ1) is 18.6. The van der Waals surface area contributed by atoms with Gasteiger partial charge in [0.1, 0.15) is 17.7 Å². The van der Waals surface area contributed by atoms with Crippen molar-refractivity contribution in [2.24, 2.45) is 11.8 Å². The van der Waals surface area contributed by atoms with Gasteiger partial charge in [-0.1, -0.05) is 6.42 Å². The summed E-state index contributed by atoms with van der Waals surface area (Å²) in [6.45, 7) is 0.484. The van der Waals surface area contributed by atoms with Gasteiger partial charge in [0, 0.05) is 25.5 Å². The van der Waals surface area contributed by atoms with Gasteiger partial charge in [0.05, 0.1) is 11.8 Å². The van der Waals surface area contributed by atoms with Gasteiger partial charge in [0.2, 0.25) is 5.91 Å². The number of carboxylic acid groups (broad SMARTS) is 1. The number of nitrogens with zero attached hydrogens (tertiary/aromatic N) is 2. The van der Waals surface area contributed by atoms with Crippen molar-refractivity contribution < 1.29 is 27.9 Å². The van der Waals surface area contributed by atoms with E-state index in [0.29, 0.717) is 6.54 Å². The number of oxazole rings is 1. The zero-order valence-corrected chi connectivity index (χ0v) is 15.1. The summed E-state index contributed by atoms with van der Waals surface area (Å²) in [6.07, 6.45) is 4.40. The second kappa shape index (κ2) is 7.33. The molecule has 1 saturated carbocycles. The Morgan fingerprint density at radius 3 is 2.86 bits per heavy atom. The van der Waals surface area contributed by atoms with E-state index in [1.807, 2.05) is 0 Å². The highest BCUT2D eigenvalue weighted by Crippen LogP contribution is 2.42. The van der Waals surface area contributed by atoms with Crippen molar-refractivity contribution >= 4 is 11.9 Å². The molecule has 1 aliphatic carbocycles. The molecule has 1 aliphatic heterocycles. The lowest BCUT2D eigenvalue weighted by atomic mass is 9.94. The van der Waals surface area contributed by atoms with Crippen molar-refractivity contribution in [1.29, 1.82) is 0 Å². The number of aliphatic carboxylic acids is 1. The first-order valence-electron chi connectivity index (χ1n) is 9.36. The highest BCUT2D eigenvalue weighted by atomic mass is 19.1. The first-order valence-corrected chi connectivity index (χ1v) is 9.36. The zero-order valence-electron chi connectivity index (χ0n) is 15.1. The van der Waals surface area contributed by atoms with Crippen LogP contribution in [0.5, 0.6) is 0 Å². The third kappa shape index (κ3) is 3.39. The number of amides is 1. The minimum absolute atomic E-state index is 0.0382. The summed E-state index contributed by atoms with van der Waals surface area (Å²) in [7, 11) is 0. The molecule has 6 nitrogen and oxygen atoms in total. The van der Waals surface area contributed by atoms with Crippen LogP contribution in [-0.4, -0.2) is 39.5 Å². The third-order valence-electron chi connectivity index (χ3n) is 5.77. The average Bonchev–Trinajstić information content (AvgIpc) is 3.34. The minimum atomic E-state index is -0.951. The molecular formula is C20H20F2N2O4. The lowest BCUT2D eigenvalue weighted by molar-refractivity contribution is -0.149. The van der Waals surface area contributed by atoms with E-state index in [-0.39, 0.29) is 47.8 Å². The van der Waals surface area contributed by atoms with E-state index in [4.69, 9.17) is 4.42 Å². The van der Waals surface area contributed by atoms with Crippen LogP contribution in [-0.2, 0) is 16.0 Å². The average molecular weight is 390 g/mol. The summed E-state index contributed by atoms with van der Waals surface area (Å²) >= 11 is 0. The Hall–Kier alpha value is -2.77. The Morgan fingerprint density at radius 1 is 1.29 bits per heavy atom. The number of benzene rings is 1. The van der Waals surface area contributed by atoms with Crippen LogP contribution in [0.15, 0.2) is 28.8 Å². The summed E-state index contributed by atoms with van der Waals surface area (Å²) in [5, 5.41) is 9.55. The summed E-state index contributed by atoms with van der Waals surface area (Å²) in [4.78, 5) is 29.8. The number of carbonyl (C=O) groups is 2. The molecule has 1 amide bonds. The van der Waals surface area contributed by atoms with E-state index in [0.717, 1.165) is 31.4 Å². The van der Waals surface area contributed by atoms with Gasteiger partial charge >= 0.3 is 5.97 Å². The van der Waals surface area contributed by atoms with Crippen LogP contribution in [0.25, 0.3) is 11.3 Å². The number of carbonyl (C=O) groups excluding carboxylic acids is 1. The highest BCUT2D eigenvalue weighted by Gasteiger charge is 2.49. The Kier molecular flexibility index (Phi) is 4.87. The number of hydrogen-bond donors (Lipinski definition) is 1. The number of hydrogen-bond acceptors (Lipinski definition) is 4. The minimum Gasteiger partial charge on any atom is -0.480 e. The fourth-order valence-electron chi connectivity index (χ4n) is 4.48. The number of halogens is 2. The predicted molar refractivity (Wildman–Crippen MR) is 94.1 cm³/mol. The molecule has 3 unspecified atom stereocenters. The summed E-state index contributed by atoms with van der Waals surface area (Å²) in [5.74, 6) is -1.93. The van der Waals surface area contributed by atoms with Gasteiger partial charge in [-0.25, -0.2) is 18.6 Å². The van der Waals surface area contributed by atoms with Crippen LogP contribution >= 0.6 is 0 Å². The van der Waals surface area contributed by atoms with E-state index in [1.54, 1.807) is 0 Å². The Labute approximate surface area is 160 Å². The molecule has 0 bridgehead atoms. The molecule has 4 rings (SSSR count). The summed E-state index contributed by atoms with van der Waals surface area (Å²) in [6, 6.07) is 2.40. The second-order valence-electron chi connectivity index (χ2n) is 7.43. The quantitative estimate of drug-likeness (QED) is 0.847. The number of carboxylic acids is 1. The molecule has 0 spiro atoms. The molecule has 1 aromatic carbocycles. The molecule has 3 atom stereocenters. The van der Waals surface area contributed by atoms with Gasteiger partial charge < -0.3 is 14.4 Å². The first-order chi connectivity index (χ1) is 13.4. The van der Waals surface area contributed by atoms with E-state index >= 15 is 0 Å². The predicted octanol–water partition coefficient (Wildman–Crippen LogP) is 3.26. The van der Waals surface area contributed by atoms with E-state index in [9.17, 15) is 23.5 Å². The maximum atomic E-state index is 13.9. The van der Waals surface area contributed by atoms with Crippen molar-refractivity contribution in [1.82, 2.24) is 9.88 Å². The standard InChI is InChI=1S/C20H20F2N2O4/c21-12-4-5-14(15(22)8-12)16-9-23-17(28-16)6-7-18(25)24-10-11-2-1-3-13(11)19(24)20(26)27/h4-5,8-9,11,13,19H,1-3,6-7,10H2,(H,26,27). The number of aryl methyl sites for hydroxylation is 1. The molecule has 2 aliphatic rings. The Bertz CT molecular complexity index is 913. The van der Waals surface area contributed by atoms with Crippen molar-refractivity contribution in [3.63, 3.8) is 0 Å². The Balaban J connectivity index is 1.41. The summed E-state index contributed by atoms with van der Waals surface area (Å²) < 4.78 is 32.4. The number of aromatic nitrogens is 1. The topological polar surface area (TPSA) is 83.6 Å². The monoisotopic (exact) mass is 390 g/mol. The van der Waals surface area contributed by atoms with Crippen LogP contribution < -0.4 is 0 Å². The van der Waals surface area contributed by atoms with Gasteiger partial charge in [-0.2, -0.15) is 0 Å². The lowest BCUT2D eigenvalue weighted by Crippen LogP contribution is -2.43. The number of likely N-dealkylation sites (tertiary alicyclic amines) is 1. The Morgan fingerprint density at radius 2 is 2.11 bits per heavy atom. The maximum Gasteiger partial charge on any atom is 0.326 e. The molecule has 8 heteroatoms. The molecule has 1 saturated heterocycles. The van der Waals surface area contributed by atoms with Crippen molar-refractivity contribution in [2.45, 2.75) is 38.1 Å². The zero-order chi connectivity index (χ0) is 19.8. The maximum absolute atomic E-state index is 13.9. The smallest absolute Gasteiger partial charge is 0.326 e. The molecule has 28 heavy (non-hydrogen) atoms. The van der Waals surface area contributed by atoms with Gasteiger partial charge in [0.15, 0.2) is 11.7 Å². The molecular weight excluding hydrogens is 370 g/mol. The fourth-order valence-corrected chi connectivity index (χ4v) is 4.48. The van der Waals surface area contributed by atoms with E-state index < -0.39 is 23.6 Å². The van der Waals surface area contributed by atoms with Crippen LogP contribution in [0.1, 0.15) is 31.6 Å². The van der Waals surface area contributed by atoms with Crippen molar-refractivity contribution in [3.8, 4) is 11.3 Å². The van der Waals surface area contributed by atoms with Crippen LogP contribution in [0.3, 0.4) is 0 Å². The number of rotatable bonds is 5. The molecule has 0 radical (unpaired) electrons. The van der Waals surface area contributed by atoms with Crippen LogP contribution in [0.2, 0.25) is 0 Å². The molecule has 2 heterocycles. The normalized spacial score (nSPS) is 23.8. The van der Waals surface area contributed by atoms with Crippen LogP contribution in [0, 0.1) is 23.5 Å². The molecule has 1 N–H and O–H groups in total. The third-order valence-corrected chi connectivity index (χ3v) is 5.77. The summed E-state index contributed by atoms with van der Waals surface area (Å²) in [5.41, 5.74) is 0.0878. The molecule has 148 valence electrons. The highest BCUT2D eigenvalue weighted by molar-refractivity contribution is 5.84. The largest absolute Gasteiger partial charge is 0.480 e. The molecule has 2 fully saturated rings. The fraction of sp³-hybridized carbons (Fsp3) is 0.450. The van der Waals surface area contributed by atoms with E-state index in [2.05, 4.69) is 4.98 Å². The van der Waals surface area contributed by atoms with Gasteiger partial charge in [0.25, 0.3) is 0 Å². The van der Waals surface area contributed by atoms with Crippen molar-refractivity contribution in [3.05, 3.63) is 41.9 Å². The van der Waals surface area contributed by atoms with E-state index in [1.165, 1.54) is 17.2 Å². The SMILES string of the molecule is O=C(O)C1C2CCCC2CN1C(=O)CCc1ncc(-c2ccc(F)cc2F)o1. The van der Waals surface area contributed by atoms with Gasteiger partial charge in [-0.3, -0.25) is 4.79 Å². The molecule has 1 aromatic heterocycles. The molecule has 2 aromatic rings. The lowest BCUT2D eigenvalue weighted by Gasteiger charge is -2.24. The second-order valence-corrected chi connectivity index (χ2v) is 7.43.